The number of likely N-dealkylation sites (tertiary alicyclic amines) is 1. The lowest BCUT2D eigenvalue weighted by atomic mass is 9.72. The van der Waals surface area contributed by atoms with Crippen LogP contribution in [0.1, 0.15) is 38.6 Å². The van der Waals surface area contributed by atoms with E-state index in [1.165, 1.54) is 0 Å². The predicted molar refractivity (Wildman–Crippen MR) is 109 cm³/mol. The second kappa shape index (κ2) is 6.92. The number of nitrogens with zero attached hydrogens (tertiary/aromatic N) is 5. The molecule has 0 aromatic carbocycles. The molecule has 7 nitrogen and oxygen atoms in total. The summed E-state index contributed by atoms with van der Waals surface area (Å²) in [6.07, 6.45) is 3.68. The molecule has 2 aliphatic rings. The maximum absolute atomic E-state index is 13.2. The Morgan fingerprint density at radius 2 is 1.89 bits per heavy atom. The normalized spacial score (nSPS) is 18.3. The van der Waals surface area contributed by atoms with E-state index in [0.717, 1.165) is 33.9 Å². The first-order chi connectivity index (χ1) is 13.3. The van der Waals surface area contributed by atoms with Crippen molar-refractivity contribution in [3.8, 4) is 0 Å². The van der Waals surface area contributed by atoms with Crippen molar-refractivity contribution < 1.29 is 9.59 Å². The predicted octanol–water partition coefficient (Wildman–Crippen LogP) is 2.46. The molecule has 2 aromatic heterocycles. The molecule has 1 spiro atoms. The van der Waals surface area contributed by atoms with Gasteiger partial charge in [-0.15, -0.1) is 11.3 Å². The number of rotatable bonds is 1. The van der Waals surface area contributed by atoms with E-state index in [4.69, 9.17) is 5.10 Å². The molecule has 0 atom stereocenters. The van der Waals surface area contributed by atoms with Gasteiger partial charge in [-0.3, -0.25) is 9.48 Å². The SMILES string of the molecule is Cc1ccc(C(=O)N2Cc3cn(C)nc3C3(CCN(C(=O)N(C)C)CC3)C2)s1. The topological polar surface area (TPSA) is 61.7 Å². The Balaban J connectivity index is 1.61. The molecular formula is C20H27N5O2S. The minimum absolute atomic E-state index is 0.0499. The van der Waals surface area contributed by atoms with Gasteiger partial charge in [-0.2, -0.15) is 5.10 Å². The van der Waals surface area contributed by atoms with Crippen molar-refractivity contribution in [2.45, 2.75) is 31.7 Å². The summed E-state index contributed by atoms with van der Waals surface area (Å²) in [4.78, 5) is 32.9. The Kier molecular flexibility index (Phi) is 4.69. The fraction of sp³-hybridized carbons (Fsp3) is 0.550. The Morgan fingerprint density at radius 3 is 2.50 bits per heavy atom. The highest BCUT2D eigenvalue weighted by atomic mass is 32.1. The van der Waals surface area contributed by atoms with Crippen LogP contribution in [-0.4, -0.2) is 70.1 Å². The number of aryl methyl sites for hydroxylation is 2. The van der Waals surface area contributed by atoms with E-state index in [1.54, 1.807) is 30.3 Å². The van der Waals surface area contributed by atoms with Gasteiger partial charge in [0, 0.05) is 69.4 Å². The van der Waals surface area contributed by atoms with Gasteiger partial charge in [-0.25, -0.2) is 4.79 Å². The van der Waals surface area contributed by atoms with E-state index in [9.17, 15) is 9.59 Å². The maximum atomic E-state index is 13.2. The molecule has 4 heterocycles. The standard InChI is InChI=1S/C20H27N5O2S/c1-14-5-6-16(28-14)18(26)25-12-15-11-23(4)21-17(15)20(13-25)7-9-24(10-8-20)19(27)22(2)3/h5-6,11H,7-10,12-13H2,1-4H3. The molecule has 0 saturated carbocycles. The van der Waals surface area contributed by atoms with Gasteiger partial charge in [0.2, 0.25) is 0 Å². The summed E-state index contributed by atoms with van der Waals surface area (Å²) in [5.41, 5.74) is 2.06. The first-order valence-electron chi connectivity index (χ1n) is 9.64. The fourth-order valence-electron chi connectivity index (χ4n) is 4.45. The second-order valence-electron chi connectivity index (χ2n) is 8.19. The number of carbonyl (C=O) groups is 2. The molecule has 2 aromatic rings. The van der Waals surface area contributed by atoms with E-state index in [-0.39, 0.29) is 17.4 Å². The van der Waals surface area contributed by atoms with Crippen LogP contribution in [0.15, 0.2) is 18.3 Å². The van der Waals surface area contributed by atoms with Crippen LogP contribution in [-0.2, 0) is 19.0 Å². The van der Waals surface area contributed by atoms with E-state index in [2.05, 4.69) is 0 Å². The largest absolute Gasteiger partial charge is 0.333 e. The van der Waals surface area contributed by atoms with Gasteiger partial charge < -0.3 is 14.7 Å². The molecule has 1 saturated heterocycles. The highest BCUT2D eigenvalue weighted by Crippen LogP contribution is 2.41. The van der Waals surface area contributed by atoms with Crippen molar-refractivity contribution in [2.75, 3.05) is 33.7 Å². The Bertz CT molecular complexity index is 908. The summed E-state index contributed by atoms with van der Waals surface area (Å²) in [6.45, 7) is 4.66. The number of fused-ring (bicyclic) bond motifs is 2. The van der Waals surface area contributed by atoms with Crippen molar-refractivity contribution in [3.05, 3.63) is 39.3 Å². The lowest BCUT2D eigenvalue weighted by Gasteiger charge is -2.46. The van der Waals surface area contributed by atoms with Crippen LogP contribution < -0.4 is 0 Å². The first kappa shape index (κ1) is 19.0. The van der Waals surface area contributed by atoms with Crippen LogP contribution in [0.3, 0.4) is 0 Å². The van der Waals surface area contributed by atoms with Crippen molar-refractivity contribution >= 4 is 23.3 Å². The van der Waals surface area contributed by atoms with Gasteiger partial charge in [0.15, 0.2) is 0 Å². The van der Waals surface area contributed by atoms with Gasteiger partial charge in [0.05, 0.1) is 10.6 Å². The third kappa shape index (κ3) is 3.19. The molecule has 28 heavy (non-hydrogen) atoms. The van der Waals surface area contributed by atoms with Crippen molar-refractivity contribution in [2.24, 2.45) is 7.05 Å². The number of amides is 3. The van der Waals surface area contributed by atoms with E-state index in [1.807, 2.05) is 46.8 Å². The molecule has 150 valence electrons. The summed E-state index contributed by atoms with van der Waals surface area (Å²) in [7, 11) is 5.51. The van der Waals surface area contributed by atoms with Crippen molar-refractivity contribution in [1.29, 1.82) is 0 Å². The zero-order valence-electron chi connectivity index (χ0n) is 16.9. The molecule has 0 bridgehead atoms. The maximum Gasteiger partial charge on any atom is 0.319 e. The van der Waals surface area contributed by atoms with E-state index >= 15 is 0 Å². The molecule has 2 aliphatic heterocycles. The number of thiophene rings is 1. The van der Waals surface area contributed by atoms with Crippen LogP contribution in [0.4, 0.5) is 4.79 Å². The average Bonchev–Trinajstić information content (AvgIpc) is 3.26. The van der Waals surface area contributed by atoms with Crippen LogP contribution in [0.25, 0.3) is 0 Å². The Hall–Kier alpha value is -2.35. The zero-order valence-corrected chi connectivity index (χ0v) is 17.8. The molecular weight excluding hydrogens is 374 g/mol. The molecule has 0 N–H and O–H groups in total. The molecule has 4 rings (SSSR count). The van der Waals surface area contributed by atoms with Crippen LogP contribution >= 0.6 is 11.3 Å². The number of hydrogen-bond donors (Lipinski definition) is 0. The number of piperidine rings is 1. The third-order valence-electron chi connectivity index (χ3n) is 5.87. The van der Waals surface area contributed by atoms with Crippen LogP contribution in [0.5, 0.6) is 0 Å². The molecule has 0 aliphatic carbocycles. The van der Waals surface area contributed by atoms with Gasteiger partial charge in [0.1, 0.15) is 0 Å². The second-order valence-corrected chi connectivity index (χ2v) is 9.48. The summed E-state index contributed by atoms with van der Waals surface area (Å²) in [5.74, 6) is 0.0961. The van der Waals surface area contributed by atoms with E-state index in [0.29, 0.717) is 26.2 Å². The number of aromatic nitrogens is 2. The molecule has 1 fully saturated rings. The van der Waals surface area contributed by atoms with Gasteiger partial charge in [-0.05, 0) is 31.9 Å². The van der Waals surface area contributed by atoms with Gasteiger partial charge in [-0.1, -0.05) is 0 Å². The quantitative estimate of drug-likeness (QED) is 0.737. The molecule has 8 heteroatoms. The number of urea groups is 1. The lowest BCUT2D eigenvalue weighted by Crippen LogP contribution is -2.55. The van der Waals surface area contributed by atoms with E-state index < -0.39 is 0 Å². The molecule has 0 radical (unpaired) electrons. The Morgan fingerprint density at radius 1 is 1.18 bits per heavy atom. The van der Waals surface area contributed by atoms with Crippen molar-refractivity contribution in [1.82, 2.24) is 24.5 Å². The van der Waals surface area contributed by atoms with Gasteiger partial charge in [0.25, 0.3) is 5.91 Å². The highest BCUT2D eigenvalue weighted by molar-refractivity contribution is 7.13. The lowest BCUT2D eigenvalue weighted by molar-refractivity contribution is 0.0588. The van der Waals surface area contributed by atoms with Crippen molar-refractivity contribution in [3.63, 3.8) is 0 Å². The minimum Gasteiger partial charge on any atom is -0.333 e. The molecule has 0 unspecified atom stereocenters. The average molecular weight is 402 g/mol. The smallest absolute Gasteiger partial charge is 0.319 e. The summed E-state index contributed by atoms with van der Waals surface area (Å²) >= 11 is 1.55. The first-order valence-corrected chi connectivity index (χ1v) is 10.5. The minimum atomic E-state index is -0.181. The Labute approximate surface area is 169 Å². The summed E-state index contributed by atoms with van der Waals surface area (Å²) < 4.78 is 1.85. The van der Waals surface area contributed by atoms with Crippen LogP contribution in [0, 0.1) is 6.92 Å². The number of hydrogen-bond acceptors (Lipinski definition) is 4. The summed E-state index contributed by atoms with van der Waals surface area (Å²) in [6, 6.07) is 3.97. The monoisotopic (exact) mass is 401 g/mol. The fourth-order valence-corrected chi connectivity index (χ4v) is 5.29. The van der Waals surface area contributed by atoms with Crippen LogP contribution in [0.2, 0.25) is 0 Å². The third-order valence-corrected chi connectivity index (χ3v) is 6.86. The van der Waals surface area contributed by atoms with Gasteiger partial charge >= 0.3 is 6.03 Å². The highest BCUT2D eigenvalue weighted by Gasteiger charge is 2.46. The summed E-state index contributed by atoms with van der Waals surface area (Å²) in [5, 5.41) is 4.77. The number of carbonyl (C=O) groups excluding carboxylic acids is 2. The molecule has 3 amide bonds. The zero-order chi connectivity index (χ0) is 20.1.